The van der Waals surface area contributed by atoms with Crippen LogP contribution in [0.25, 0.3) is 0 Å². The van der Waals surface area contributed by atoms with Crippen LogP contribution in [0, 0.1) is 5.92 Å². The molecule has 0 aromatic rings. The molecule has 0 aromatic heterocycles. The van der Waals surface area contributed by atoms with Crippen molar-refractivity contribution in [2.45, 2.75) is 26.2 Å². The molecule has 0 aliphatic carbocycles. The number of hydrogen-bond acceptors (Lipinski definition) is 3. The van der Waals surface area contributed by atoms with Gasteiger partial charge in [0.25, 0.3) is 0 Å². The van der Waals surface area contributed by atoms with E-state index in [1.165, 1.54) is 12.8 Å². The summed E-state index contributed by atoms with van der Waals surface area (Å²) < 4.78 is 0. The molecule has 1 rings (SSSR count). The van der Waals surface area contributed by atoms with Gasteiger partial charge in [-0.2, -0.15) is 0 Å². The summed E-state index contributed by atoms with van der Waals surface area (Å²) in [4.78, 5) is 15.9. The van der Waals surface area contributed by atoms with Crippen LogP contribution in [0.1, 0.15) is 26.2 Å². The van der Waals surface area contributed by atoms with Crippen LogP contribution in [0.15, 0.2) is 0 Å². The van der Waals surface area contributed by atoms with Crippen molar-refractivity contribution in [3.63, 3.8) is 0 Å². The molecule has 0 aromatic carbocycles. The van der Waals surface area contributed by atoms with Gasteiger partial charge in [-0.3, -0.25) is 9.69 Å². The van der Waals surface area contributed by atoms with E-state index in [1.807, 2.05) is 7.05 Å². The summed E-state index contributed by atoms with van der Waals surface area (Å²) in [6.07, 6.45) is 3.41. The number of amides is 1. The normalized spacial score (nSPS) is 22.1. The van der Waals surface area contributed by atoms with E-state index in [-0.39, 0.29) is 5.91 Å². The fourth-order valence-corrected chi connectivity index (χ4v) is 2.20. The molecule has 1 aliphatic rings. The number of nitrogens with zero attached hydrogens (tertiary/aromatic N) is 2. The smallest absolute Gasteiger partial charge is 0.236 e. The van der Waals surface area contributed by atoms with Gasteiger partial charge in [-0.15, -0.1) is 0 Å². The summed E-state index contributed by atoms with van der Waals surface area (Å²) in [5, 5.41) is 0. The molecule has 0 radical (unpaired) electrons. The maximum Gasteiger partial charge on any atom is 0.236 e. The molecule has 94 valence electrons. The van der Waals surface area contributed by atoms with E-state index in [9.17, 15) is 4.79 Å². The van der Waals surface area contributed by atoms with Gasteiger partial charge in [0.15, 0.2) is 0 Å². The molecule has 0 spiro atoms. The third-order valence-electron chi connectivity index (χ3n) is 3.22. The monoisotopic (exact) mass is 227 g/mol. The minimum atomic E-state index is 0.225. The number of carbonyl (C=O) groups is 1. The van der Waals surface area contributed by atoms with Crippen molar-refractivity contribution in [1.82, 2.24) is 9.80 Å². The average Bonchev–Trinajstić information content (AvgIpc) is 2.25. The number of likely N-dealkylation sites (N-methyl/N-ethyl adjacent to an activating group) is 1. The van der Waals surface area contributed by atoms with Crippen LogP contribution in [-0.2, 0) is 4.79 Å². The first-order valence-corrected chi connectivity index (χ1v) is 6.30. The van der Waals surface area contributed by atoms with Gasteiger partial charge < -0.3 is 10.6 Å². The fourth-order valence-electron chi connectivity index (χ4n) is 2.20. The standard InChI is InChI=1S/C12H25N3O/c1-11-5-3-8-15(9-11)10-12(16)14(2)7-4-6-13/h11H,3-10,13H2,1-2H3. The first-order valence-electron chi connectivity index (χ1n) is 6.30. The van der Waals surface area contributed by atoms with Crippen molar-refractivity contribution in [2.24, 2.45) is 11.7 Å². The highest BCUT2D eigenvalue weighted by atomic mass is 16.2. The Hall–Kier alpha value is -0.610. The lowest BCUT2D eigenvalue weighted by atomic mass is 10.0. The van der Waals surface area contributed by atoms with E-state index in [4.69, 9.17) is 5.73 Å². The molecule has 1 fully saturated rings. The van der Waals surface area contributed by atoms with E-state index in [0.29, 0.717) is 13.1 Å². The zero-order valence-electron chi connectivity index (χ0n) is 10.6. The summed E-state index contributed by atoms with van der Waals surface area (Å²) in [7, 11) is 1.87. The Morgan fingerprint density at radius 1 is 1.56 bits per heavy atom. The van der Waals surface area contributed by atoms with Crippen LogP contribution >= 0.6 is 0 Å². The molecule has 0 bridgehead atoms. The molecular weight excluding hydrogens is 202 g/mol. The van der Waals surface area contributed by atoms with Crippen molar-refractivity contribution < 1.29 is 4.79 Å². The molecule has 1 unspecified atom stereocenters. The predicted molar refractivity (Wildman–Crippen MR) is 66.1 cm³/mol. The summed E-state index contributed by atoms with van der Waals surface area (Å²) in [6, 6.07) is 0. The predicted octanol–water partition coefficient (Wildman–Crippen LogP) is 0.526. The van der Waals surface area contributed by atoms with Crippen LogP contribution in [0.4, 0.5) is 0 Å². The molecule has 16 heavy (non-hydrogen) atoms. The largest absolute Gasteiger partial charge is 0.345 e. The number of piperidine rings is 1. The first-order chi connectivity index (χ1) is 7.63. The van der Waals surface area contributed by atoms with Gasteiger partial charge in [0, 0.05) is 20.1 Å². The summed E-state index contributed by atoms with van der Waals surface area (Å²) in [6.45, 7) is 6.40. The highest BCUT2D eigenvalue weighted by Gasteiger charge is 2.19. The second kappa shape index (κ2) is 6.86. The lowest BCUT2D eigenvalue weighted by molar-refractivity contribution is -0.131. The minimum Gasteiger partial charge on any atom is -0.345 e. The van der Waals surface area contributed by atoms with Gasteiger partial charge in [0.1, 0.15) is 0 Å². The van der Waals surface area contributed by atoms with Crippen LogP contribution in [0.5, 0.6) is 0 Å². The van der Waals surface area contributed by atoms with Crippen molar-refractivity contribution in [1.29, 1.82) is 0 Å². The van der Waals surface area contributed by atoms with E-state index in [0.717, 1.165) is 32.0 Å². The van der Waals surface area contributed by atoms with E-state index < -0.39 is 0 Å². The molecule has 1 saturated heterocycles. The maximum absolute atomic E-state index is 11.9. The zero-order chi connectivity index (χ0) is 12.0. The SMILES string of the molecule is CC1CCCN(CC(=O)N(C)CCCN)C1. The molecule has 0 saturated carbocycles. The average molecular weight is 227 g/mol. The highest BCUT2D eigenvalue weighted by Crippen LogP contribution is 2.15. The van der Waals surface area contributed by atoms with E-state index >= 15 is 0 Å². The number of likely N-dealkylation sites (tertiary alicyclic amines) is 1. The molecule has 4 heteroatoms. The summed E-state index contributed by atoms with van der Waals surface area (Å²) >= 11 is 0. The van der Waals surface area contributed by atoms with Gasteiger partial charge >= 0.3 is 0 Å². The highest BCUT2D eigenvalue weighted by molar-refractivity contribution is 5.77. The summed E-state index contributed by atoms with van der Waals surface area (Å²) in [5.74, 6) is 0.957. The Labute approximate surface area is 98.8 Å². The van der Waals surface area contributed by atoms with E-state index in [2.05, 4.69) is 11.8 Å². The number of hydrogen-bond donors (Lipinski definition) is 1. The maximum atomic E-state index is 11.9. The van der Waals surface area contributed by atoms with Gasteiger partial charge in [-0.1, -0.05) is 6.92 Å². The second-order valence-corrected chi connectivity index (χ2v) is 4.94. The van der Waals surface area contributed by atoms with E-state index in [1.54, 1.807) is 4.90 Å². The van der Waals surface area contributed by atoms with Crippen LogP contribution in [0.3, 0.4) is 0 Å². The van der Waals surface area contributed by atoms with Gasteiger partial charge in [-0.25, -0.2) is 0 Å². The van der Waals surface area contributed by atoms with Gasteiger partial charge in [0.05, 0.1) is 6.54 Å². The lowest BCUT2D eigenvalue weighted by Gasteiger charge is -2.31. The minimum absolute atomic E-state index is 0.225. The molecule has 1 heterocycles. The molecule has 1 atom stereocenters. The fraction of sp³-hybridized carbons (Fsp3) is 0.917. The van der Waals surface area contributed by atoms with Crippen molar-refractivity contribution in [2.75, 3.05) is 39.8 Å². The molecule has 1 aliphatic heterocycles. The quantitative estimate of drug-likeness (QED) is 0.745. The molecular formula is C12H25N3O. The Morgan fingerprint density at radius 3 is 2.94 bits per heavy atom. The Morgan fingerprint density at radius 2 is 2.31 bits per heavy atom. The Bertz CT molecular complexity index is 220. The van der Waals surface area contributed by atoms with Crippen molar-refractivity contribution in [3.8, 4) is 0 Å². The number of rotatable bonds is 5. The molecule has 2 N–H and O–H groups in total. The van der Waals surface area contributed by atoms with Gasteiger partial charge in [0.2, 0.25) is 5.91 Å². The summed E-state index contributed by atoms with van der Waals surface area (Å²) in [5.41, 5.74) is 5.43. The number of nitrogens with two attached hydrogens (primary N) is 1. The van der Waals surface area contributed by atoms with Crippen LogP contribution < -0.4 is 5.73 Å². The topological polar surface area (TPSA) is 49.6 Å². The number of carbonyl (C=O) groups excluding carboxylic acids is 1. The Kier molecular flexibility index (Phi) is 5.77. The second-order valence-electron chi connectivity index (χ2n) is 4.94. The Balaban J connectivity index is 2.26. The lowest BCUT2D eigenvalue weighted by Crippen LogP contribution is -2.43. The third-order valence-corrected chi connectivity index (χ3v) is 3.22. The molecule has 1 amide bonds. The van der Waals surface area contributed by atoms with Crippen molar-refractivity contribution in [3.05, 3.63) is 0 Å². The van der Waals surface area contributed by atoms with Crippen molar-refractivity contribution >= 4 is 5.91 Å². The molecule has 4 nitrogen and oxygen atoms in total. The third kappa shape index (κ3) is 4.49. The van der Waals surface area contributed by atoms with Gasteiger partial charge in [-0.05, 0) is 38.3 Å². The first kappa shape index (κ1) is 13.5. The van der Waals surface area contributed by atoms with Crippen LogP contribution in [-0.4, -0.2) is 55.5 Å². The zero-order valence-corrected chi connectivity index (χ0v) is 10.6. The van der Waals surface area contributed by atoms with Crippen LogP contribution in [0.2, 0.25) is 0 Å².